The minimum Gasteiger partial charge on any atom is -0.479 e. The van der Waals surface area contributed by atoms with Crippen molar-refractivity contribution in [3.05, 3.63) is 0 Å². The van der Waals surface area contributed by atoms with Crippen LogP contribution in [0.1, 0.15) is 104 Å². The van der Waals surface area contributed by atoms with Crippen molar-refractivity contribution < 1.29 is 19.4 Å². The van der Waals surface area contributed by atoms with Gasteiger partial charge in [0.2, 0.25) is 0 Å². The van der Waals surface area contributed by atoms with Crippen LogP contribution in [-0.2, 0) is 14.3 Å². The van der Waals surface area contributed by atoms with Gasteiger partial charge in [-0.15, -0.1) is 0 Å². The number of carbonyl (C=O) groups excluding carboxylic acids is 1. The van der Waals surface area contributed by atoms with Crippen molar-refractivity contribution >= 4 is 11.9 Å². The molecule has 0 bridgehead atoms. The van der Waals surface area contributed by atoms with E-state index in [1.165, 1.54) is 44.9 Å². The van der Waals surface area contributed by atoms with Crippen molar-refractivity contribution in [3.8, 4) is 0 Å². The Morgan fingerprint density at radius 2 is 1.26 bits per heavy atom. The number of carboxylic acid groups (broad SMARTS) is 1. The predicted molar refractivity (Wildman–Crippen MR) is 93.5 cm³/mol. The third kappa shape index (κ3) is 14.3. The zero-order valence-corrected chi connectivity index (χ0v) is 15.1. The molecule has 0 aliphatic heterocycles. The molecule has 0 heterocycles. The van der Waals surface area contributed by atoms with Crippen molar-refractivity contribution in [2.45, 2.75) is 110 Å². The fourth-order valence-corrected chi connectivity index (χ4v) is 2.59. The molecule has 0 fully saturated rings. The van der Waals surface area contributed by atoms with E-state index in [9.17, 15) is 9.59 Å². The zero-order valence-electron chi connectivity index (χ0n) is 15.1. The fourth-order valence-electron chi connectivity index (χ4n) is 2.59. The highest BCUT2D eigenvalue weighted by molar-refractivity contribution is 5.77. The number of hydrogen-bond donors (Lipinski definition) is 1. The Morgan fingerprint density at radius 1 is 0.783 bits per heavy atom. The van der Waals surface area contributed by atoms with Crippen LogP contribution in [0, 0.1) is 0 Å². The number of ether oxygens (including phenoxy) is 1. The fraction of sp³-hybridized carbons (Fsp3) is 0.895. The molecule has 0 spiro atoms. The molecule has 0 radical (unpaired) electrons. The first kappa shape index (κ1) is 21.9. The maximum absolute atomic E-state index is 11.5. The van der Waals surface area contributed by atoms with E-state index in [0.717, 1.165) is 32.1 Å². The lowest BCUT2D eigenvalue weighted by molar-refractivity contribution is -0.164. The number of carboxylic acids is 1. The smallest absolute Gasteiger partial charge is 0.345 e. The molecule has 4 nitrogen and oxygen atoms in total. The second-order valence-corrected chi connectivity index (χ2v) is 6.39. The monoisotopic (exact) mass is 328 g/mol. The normalized spacial score (nSPS) is 12.1. The number of unbranched alkanes of at least 4 members (excludes halogenated alkanes) is 10. The molecule has 0 saturated carbocycles. The third-order valence-electron chi connectivity index (χ3n) is 4.10. The summed E-state index contributed by atoms with van der Waals surface area (Å²) >= 11 is 0. The Kier molecular flexibility index (Phi) is 15.1. The van der Waals surface area contributed by atoms with E-state index in [1.807, 2.05) is 6.92 Å². The van der Waals surface area contributed by atoms with Gasteiger partial charge in [0.1, 0.15) is 0 Å². The van der Waals surface area contributed by atoms with E-state index in [2.05, 4.69) is 6.92 Å². The number of carbonyl (C=O) groups is 2. The summed E-state index contributed by atoms with van der Waals surface area (Å²) in [5.74, 6) is -1.41. The molecule has 23 heavy (non-hydrogen) atoms. The Bertz CT molecular complexity index is 302. The molecule has 0 aliphatic rings. The van der Waals surface area contributed by atoms with Gasteiger partial charge < -0.3 is 9.84 Å². The van der Waals surface area contributed by atoms with Gasteiger partial charge in [0.15, 0.2) is 6.10 Å². The Balaban J connectivity index is 3.61. The van der Waals surface area contributed by atoms with Crippen molar-refractivity contribution in [1.82, 2.24) is 0 Å². The van der Waals surface area contributed by atoms with Crippen LogP contribution in [0.5, 0.6) is 0 Å². The predicted octanol–water partition coefficient (Wildman–Crippen LogP) is 5.48. The largest absolute Gasteiger partial charge is 0.479 e. The Labute approximate surface area is 142 Å². The highest BCUT2D eigenvalue weighted by atomic mass is 16.6. The summed E-state index contributed by atoms with van der Waals surface area (Å²) in [6, 6.07) is 0. The topological polar surface area (TPSA) is 63.6 Å². The van der Waals surface area contributed by atoms with Crippen LogP contribution in [0.15, 0.2) is 0 Å². The number of aliphatic carboxylic acids is 1. The summed E-state index contributed by atoms with van der Waals surface area (Å²) < 4.78 is 5.06. The van der Waals surface area contributed by atoms with Crippen molar-refractivity contribution in [1.29, 1.82) is 0 Å². The average molecular weight is 328 g/mol. The summed E-state index contributed by atoms with van der Waals surface area (Å²) in [6.07, 6.45) is 13.5. The lowest BCUT2D eigenvalue weighted by atomic mass is 10.0. The first-order chi connectivity index (χ1) is 11.1. The Morgan fingerprint density at radius 3 is 1.74 bits per heavy atom. The van der Waals surface area contributed by atoms with Crippen molar-refractivity contribution in [2.24, 2.45) is 0 Å². The van der Waals surface area contributed by atoms with Crippen molar-refractivity contribution in [2.75, 3.05) is 0 Å². The molecule has 0 aromatic heterocycles. The lowest BCUT2D eigenvalue weighted by Gasteiger charge is -2.13. The Hall–Kier alpha value is -1.06. The highest BCUT2D eigenvalue weighted by Gasteiger charge is 2.21. The molecule has 0 amide bonds. The average Bonchev–Trinajstić information content (AvgIpc) is 2.53. The maximum Gasteiger partial charge on any atom is 0.345 e. The summed E-state index contributed by atoms with van der Waals surface area (Å²) in [6.45, 7) is 4.22. The first-order valence-corrected chi connectivity index (χ1v) is 9.54. The van der Waals surface area contributed by atoms with Gasteiger partial charge in [0, 0.05) is 6.42 Å². The van der Waals surface area contributed by atoms with Crippen LogP contribution in [0.3, 0.4) is 0 Å². The van der Waals surface area contributed by atoms with Gasteiger partial charge in [0.25, 0.3) is 0 Å². The van der Waals surface area contributed by atoms with Crippen LogP contribution in [0.2, 0.25) is 0 Å². The highest BCUT2D eigenvalue weighted by Crippen LogP contribution is 2.13. The number of rotatable bonds is 16. The summed E-state index contributed by atoms with van der Waals surface area (Å²) in [7, 11) is 0. The standard InChI is InChI=1S/C19H36O4/c1-3-5-7-8-9-10-11-12-13-14-15-17(19(21)22)23-18(20)16-6-4-2/h17H,3-16H2,1-2H3,(H,21,22). The van der Waals surface area contributed by atoms with E-state index in [0.29, 0.717) is 12.8 Å². The van der Waals surface area contributed by atoms with Crippen LogP contribution < -0.4 is 0 Å². The first-order valence-electron chi connectivity index (χ1n) is 9.54. The second kappa shape index (κ2) is 15.8. The molecule has 1 unspecified atom stereocenters. The SMILES string of the molecule is CCCCCCCCCCCCC(OC(=O)CCCC)C(=O)O. The van der Waals surface area contributed by atoms with Crippen LogP contribution in [0.4, 0.5) is 0 Å². The molecule has 136 valence electrons. The summed E-state index contributed by atoms with van der Waals surface area (Å²) in [5, 5.41) is 9.11. The molecule has 0 saturated heterocycles. The van der Waals surface area contributed by atoms with Crippen molar-refractivity contribution in [3.63, 3.8) is 0 Å². The van der Waals surface area contributed by atoms with Gasteiger partial charge in [-0.05, 0) is 19.3 Å². The molecular weight excluding hydrogens is 292 g/mol. The molecular formula is C19H36O4. The van der Waals surface area contributed by atoms with Gasteiger partial charge in [-0.25, -0.2) is 4.79 Å². The molecule has 4 heteroatoms. The van der Waals surface area contributed by atoms with E-state index < -0.39 is 12.1 Å². The molecule has 1 atom stereocenters. The third-order valence-corrected chi connectivity index (χ3v) is 4.10. The maximum atomic E-state index is 11.5. The zero-order chi connectivity index (χ0) is 17.3. The van der Waals surface area contributed by atoms with Crippen LogP contribution in [-0.4, -0.2) is 23.1 Å². The minimum absolute atomic E-state index is 0.318. The molecule has 1 N–H and O–H groups in total. The second-order valence-electron chi connectivity index (χ2n) is 6.39. The molecule has 0 aromatic rings. The van der Waals surface area contributed by atoms with Gasteiger partial charge >= 0.3 is 11.9 Å². The lowest BCUT2D eigenvalue weighted by Crippen LogP contribution is -2.26. The van der Waals surface area contributed by atoms with Crippen LogP contribution in [0.25, 0.3) is 0 Å². The van der Waals surface area contributed by atoms with E-state index in [4.69, 9.17) is 9.84 Å². The van der Waals surface area contributed by atoms with Crippen LogP contribution >= 0.6 is 0 Å². The van der Waals surface area contributed by atoms with E-state index >= 15 is 0 Å². The summed E-state index contributed by atoms with van der Waals surface area (Å²) in [5.41, 5.74) is 0. The van der Waals surface area contributed by atoms with E-state index in [1.54, 1.807) is 0 Å². The van der Waals surface area contributed by atoms with Gasteiger partial charge in [-0.1, -0.05) is 78.1 Å². The van der Waals surface area contributed by atoms with E-state index in [-0.39, 0.29) is 5.97 Å². The number of hydrogen-bond acceptors (Lipinski definition) is 3. The molecule has 0 aliphatic carbocycles. The minimum atomic E-state index is -1.02. The van der Waals surface area contributed by atoms with Gasteiger partial charge in [-0.3, -0.25) is 4.79 Å². The summed E-state index contributed by atoms with van der Waals surface area (Å²) in [4.78, 5) is 22.6. The van der Waals surface area contributed by atoms with Gasteiger partial charge in [0.05, 0.1) is 0 Å². The van der Waals surface area contributed by atoms with Gasteiger partial charge in [-0.2, -0.15) is 0 Å². The molecule has 0 rings (SSSR count). The molecule has 0 aromatic carbocycles. The number of esters is 1. The quantitative estimate of drug-likeness (QED) is 0.301.